The van der Waals surface area contributed by atoms with Crippen LogP contribution in [0.15, 0.2) is 42.9 Å². The van der Waals surface area contributed by atoms with E-state index in [1.54, 1.807) is 19.6 Å². The van der Waals surface area contributed by atoms with Gasteiger partial charge in [0, 0.05) is 20.9 Å². The highest BCUT2D eigenvalue weighted by molar-refractivity contribution is 14.1. The summed E-state index contributed by atoms with van der Waals surface area (Å²) in [5.41, 5.74) is 4.52. The van der Waals surface area contributed by atoms with Gasteiger partial charge in [-0.2, -0.15) is 0 Å². The maximum atomic E-state index is 8.16. The van der Waals surface area contributed by atoms with Crippen molar-refractivity contribution in [2.75, 3.05) is 7.11 Å². The molecule has 4 rings (SSSR count). The van der Waals surface area contributed by atoms with E-state index in [1.807, 2.05) is 41.8 Å². The summed E-state index contributed by atoms with van der Waals surface area (Å²) < 4.78 is 8.37. The van der Waals surface area contributed by atoms with E-state index in [1.165, 1.54) is 0 Å². The van der Waals surface area contributed by atoms with E-state index in [0.29, 0.717) is 23.6 Å². The Kier molecular flexibility index (Phi) is 4.65. The Morgan fingerprint density at radius 1 is 1.22 bits per heavy atom. The molecule has 0 spiro atoms. The summed E-state index contributed by atoms with van der Waals surface area (Å²) in [5.74, 6) is 1.30. The molecular formula is C19H17IN6O. The van der Waals surface area contributed by atoms with Crippen LogP contribution in [0.5, 0.6) is 5.88 Å². The number of imidazole rings is 1. The molecule has 0 aliphatic rings. The summed E-state index contributed by atoms with van der Waals surface area (Å²) in [4.78, 5) is 16.5. The summed E-state index contributed by atoms with van der Waals surface area (Å²) in [5, 5.41) is 8.16. The number of rotatable bonds is 4. The van der Waals surface area contributed by atoms with E-state index < -0.39 is 0 Å². The maximum absolute atomic E-state index is 8.16. The number of H-pyrrole nitrogens is 1. The minimum Gasteiger partial charge on any atom is -0.481 e. The summed E-state index contributed by atoms with van der Waals surface area (Å²) >= 11 is 2.27. The third kappa shape index (κ3) is 3.20. The lowest BCUT2D eigenvalue weighted by Gasteiger charge is -2.11. The molecule has 0 saturated carbocycles. The highest BCUT2D eigenvalue weighted by Crippen LogP contribution is 2.25. The number of aromatic amines is 1. The molecule has 2 N–H and O–H groups in total. The first-order valence-corrected chi connectivity index (χ1v) is 9.39. The van der Waals surface area contributed by atoms with Crippen LogP contribution in [0, 0.1) is 15.9 Å². The van der Waals surface area contributed by atoms with Gasteiger partial charge in [0.1, 0.15) is 11.3 Å². The largest absolute Gasteiger partial charge is 0.481 e. The minimum absolute atomic E-state index is 0.168. The highest BCUT2D eigenvalue weighted by Gasteiger charge is 2.15. The molecular weight excluding hydrogens is 455 g/mol. The lowest BCUT2D eigenvalue weighted by molar-refractivity contribution is 0.390. The molecule has 3 heterocycles. The van der Waals surface area contributed by atoms with E-state index in [0.717, 1.165) is 26.1 Å². The Morgan fingerprint density at radius 3 is 2.81 bits per heavy atom. The Bertz CT molecular complexity index is 1200. The van der Waals surface area contributed by atoms with Gasteiger partial charge in [0.05, 0.1) is 20.0 Å². The van der Waals surface area contributed by atoms with E-state index in [9.17, 15) is 0 Å². The van der Waals surface area contributed by atoms with Crippen LogP contribution in [0.25, 0.3) is 22.6 Å². The number of benzene rings is 1. The standard InChI is InChI=1S/C19H17IN6O/c1-11-5-3-4-6-12(11)17-24-15-16(21)23-10-26(18(15)25-17)9-13-14(20)7-8-22-19(13)27-2/h3-8,10,21H,9H2,1-2H3,(H,24,25). The van der Waals surface area contributed by atoms with Crippen LogP contribution in [0.4, 0.5) is 0 Å². The normalized spacial score (nSPS) is 11.1. The molecule has 0 unspecified atom stereocenters. The van der Waals surface area contributed by atoms with Crippen molar-refractivity contribution in [3.63, 3.8) is 0 Å². The molecule has 1 aromatic carbocycles. The van der Waals surface area contributed by atoms with E-state index in [-0.39, 0.29) is 5.49 Å². The average molecular weight is 472 g/mol. The summed E-state index contributed by atoms with van der Waals surface area (Å²) in [6.07, 6.45) is 3.36. The second-order valence-electron chi connectivity index (χ2n) is 6.10. The Labute approximate surface area is 169 Å². The quantitative estimate of drug-likeness (QED) is 0.446. The number of hydrogen-bond acceptors (Lipinski definition) is 5. The minimum atomic E-state index is 0.168. The molecule has 7 nitrogen and oxygen atoms in total. The number of halogens is 1. The van der Waals surface area contributed by atoms with Crippen LogP contribution in [0.1, 0.15) is 11.1 Å². The number of hydrogen-bond donors (Lipinski definition) is 2. The van der Waals surface area contributed by atoms with Crippen molar-refractivity contribution in [2.45, 2.75) is 13.5 Å². The average Bonchev–Trinajstić information content (AvgIpc) is 3.12. The van der Waals surface area contributed by atoms with Gasteiger partial charge in [-0.05, 0) is 41.1 Å². The monoisotopic (exact) mass is 472 g/mol. The molecule has 0 radical (unpaired) electrons. The zero-order chi connectivity index (χ0) is 19.0. The van der Waals surface area contributed by atoms with Gasteiger partial charge in [-0.1, -0.05) is 24.3 Å². The third-order valence-corrected chi connectivity index (χ3v) is 5.41. The Hall–Kier alpha value is -2.75. The smallest absolute Gasteiger partial charge is 0.219 e. The fourth-order valence-corrected chi connectivity index (χ4v) is 3.57. The van der Waals surface area contributed by atoms with Gasteiger partial charge in [0.15, 0.2) is 11.1 Å². The van der Waals surface area contributed by atoms with Crippen LogP contribution >= 0.6 is 22.6 Å². The van der Waals surface area contributed by atoms with Crippen LogP contribution in [0.2, 0.25) is 0 Å². The van der Waals surface area contributed by atoms with Gasteiger partial charge in [-0.25, -0.2) is 15.0 Å². The van der Waals surface area contributed by atoms with Crippen molar-refractivity contribution < 1.29 is 4.74 Å². The predicted octanol–water partition coefficient (Wildman–Crippen LogP) is 3.27. The van der Waals surface area contributed by atoms with Crippen LogP contribution in [-0.2, 0) is 6.54 Å². The van der Waals surface area contributed by atoms with E-state index >= 15 is 0 Å². The number of nitrogens with zero attached hydrogens (tertiary/aromatic N) is 4. The molecule has 0 bridgehead atoms. The van der Waals surface area contributed by atoms with Gasteiger partial charge in [0.2, 0.25) is 5.88 Å². The van der Waals surface area contributed by atoms with E-state index in [2.05, 4.69) is 37.5 Å². The molecule has 3 aromatic heterocycles. The first kappa shape index (κ1) is 17.7. The molecule has 0 amide bonds. The predicted molar refractivity (Wildman–Crippen MR) is 111 cm³/mol. The summed E-state index contributed by atoms with van der Waals surface area (Å²) in [6, 6.07) is 9.97. The molecule has 4 aromatic rings. The number of pyridine rings is 1. The fraction of sp³-hybridized carbons (Fsp3) is 0.158. The van der Waals surface area contributed by atoms with Crippen molar-refractivity contribution >= 4 is 33.8 Å². The fourth-order valence-electron chi connectivity index (χ4n) is 3.01. The van der Waals surface area contributed by atoms with Crippen LogP contribution in [-0.4, -0.2) is 31.6 Å². The molecule has 0 aliphatic heterocycles. The number of ether oxygens (including phenoxy) is 1. The van der Waals surface area contributed by atoms with Crippen molar-refractivity contribution in [3.05, 3.63) is 63.0 Å². The second kappa shape index (κ2) is 7.10. The molecule has 8 heteroatoms. The number of methoxy groups -OCH3 is 1. The highest BCUT2D eigenvalue weighted by atomic mass is 127. The van der Waals surface area contributed by atoms with E-state index in [4.69, 9.17) is 15.1 Å². The van der Waals surface area contributed by atoms with Crippen molar-refractivity contribution in [1.29, 1.82) is 5.41 Å². The number of aromatic nitrogens is 5. The van der Waals surface area contributed by atoms with Gasteiger partial charge >= 0.3 is 0 Å². The summed E-state index contributed by atoms with van der Waals surface area (Å²) in [6.45, 7) is 2.54. The number of nitrogens with one attached hydrogen (secondary N) is 2. The lowest BCUT2D eigenvalue weighted by atomic mass is 10.1. The van der Waals surface area contributed by atoms with Gasteiger partial charge in [0.25, 0.3) is 0 Å². The van der Waals surface area contributed by atoms with Gasteiger partial charge in [-0.3, -0.25) is 5.41 Å². The van der Waals surface area contributed by atoms with Crippen molar-refractivity contribution in [1.82, 2.24) is 24.5 Å². The third-order valence-electron chi connectivity index (χ3n) is 4.40. The molecule has 0 aliphatic carbocycles. The van der Waals surface area contributed by atoms with Crippen molar-refractivity contribution in [3.8, 4) is 17.3 Å². The summed E-state index contributed by atoms with van der Waals surface area (Å²) in [7, 11) is 1.61. The number of aryl methyl sites for hydroxylation is 1. The van der Waals surface area contributed by atoms with Crippen molar-refractivity contribution in [2.24, 2.45) is 0 Å². The topological polar surface area (TPSA) is 92.5 Å². The Balaban J connectivity index is 1.87. The molecule has 0 atom stereocenters. The SMILES string of the molecule is COc1nccc(I)c1Cn1cnc(=N)c2[nH]c(-c3ccccc3C)nc21. The van der Waals surface area contributed by atoms with Crippen LogP contribution < -0.4 is 10.2 Å². The zero-order valence-electron chi connectivity index (χ0n) is 14.8. The first-order chi connectivity index (χ1) is 13.1. The van der Waals surface area contributed by atoms with Gasteiger partial charge in [-0.15, -0.1) is 0 Å². The second-order valence-corrected chi connectivity index (χ2v) is 7.26. The molecule has 136 valence electrons. The maximum Gasteiger partial charge on any atom is 0.219 e. The molecule has 0 saturated heterocycles. The lowest BCUT2D eigenvalue weighted by Crippen LogP contribution is -2.14. The Morgan fingerprint density at radius 2 is 2.04 bits per heavy atom. The first-order valence-electron chi connectivity index (χ1n) is 8.31. The molecule has 0 fully saturated rings. The van der Waals surface area contributed by atoms with Gasteiger partial charge < -0.3 is 14.3 Å². The zero-order valence-corrected chi connectivity index (χ0v) is 17.0. The number of fused-ring (bicyclic) bond motifs is 1. The van der Waals surface area contributed by atoms with Crippen LogP contribution in [0.3, 0.4) is 0 Å². The molecule has 27 heavy (non-hydrogen) atoms.